The average Bonchev–Trinajstić information content (AvgIpc) is 3.07. The predicted molar refractivity (Wildman–Crippen MR) is 180 cm³/mol. The summed E-state index contributed by atoms with van der Waals surface area (Å²) in [6, 6.07) is 37.6. The van der Waals surface area contributed by atoms with Crippen LogP contribution in [0.5, 0.6) is 0 Å². The van der Waals surface area contributed by atoms with Gasteiger partial charge in [0.05, 0.1) is 0 Å². The second-order valence-corrected chi connectivity index (χ2v) is 15.1. The maximum atomic E-state index is 15.0. The zero-order valence-electron chi connectivity index (χ0n) is 24.2. The SMILES string of the molecule is C[C@@]12C=CC=CC1C=CC1=C(c3ccc(P(=O)(c4ccccc4)c4ccccc4)cc3)C3C=Cc4ccccc4C3NC12. The van der Waals surface area contributed by atoms with E-state index in [9.17, 15) is 0 Å². The maximum absolute atomic E-state index is 15.0. The first-order valence-corrected chi connectivity index (χ1v) is 16.9. The highest BCUT2D eigenvalue weighted by Gasteiger charge is 2.48. The van der Waals surface area contributed by atoms with Gasteiger partial charge in [-0.15, -0.1) is 0 Å². The van der Waals surface area contributed by atoms with Crippen molar-refractivity contribution in [2.24, 2.45) is 17.3 Å². The van der Waals surface area contributed by atoms with Crippen LogP contribution in [0.15, 0.2) is 157 Å². The van der Waals surface area contributed by atoms with Gasteiger partial charge in [-0.3, -0.25) is 0 Å². The first-order valence-electron chi connectivity index (χ1n) is 15.2. The van der Waals surface area contributed by atoms with Gasteiger partial charge in [-0.1, -0.05) is 165 Å². The van der Waals surface area contributed by atoms with E-state index >= 15 is 4.57 Å². The molecule has 43 heavy (non-hydrogen) atoms. The van der Waals surface area contributed by atoms with Crippen molar-refractivity contribution in [3.63, 3.8) is 0 Å². The predicted octanol–water partition coefficient (Wildman–Crippen LogP) is 7.75. The standard InChI is InChI=1S/C40H34NOP/c1-40-27-11-10-13-30(40)22-26-36-37(35-25-21-28-12-8-9-18-34(28)38(35)41-39(36)40)29-19-23-33(24-20-29)43(42,31-14-4-2-5-15-31)32-16-6-3-7-17-32/h2-27,30,35,38-39,41H,1H3/t30?,35?,38?,39?,40-/m1/s1. The number of nitrogens with one attached hydrogen (secondary N) is 1. The second-order valence-electron chi connectivity index (χ2n) is 12.3. The fraction of sp³-hybridized carbons (Fsp3) is 0.150. The zero-order chi connectivity index (χ0) is 29.0. The monoisotopic (exact) mass is 575 g/mol. The summed E-state index contributed by atoms with van der Waals surface area (Å²) in [4.78, 5) is 0. The smallest absolute Gasteiger partial charge is 0.171 e. The zero-order valence-corrected chi connectivity index (χ0v) is 25.1. The van der Waals surface area contributed by atoms with Gasteiger partial charge in [0.2, 0.25) is 0 Å². The van der Waals surface area contributed by atoms with Gasteiger partial charge in [-0.05, 0) is 27.8 Å². The summed E-state index contributed by atoms with van der Waals surface area (Å²) in [7, 11) is -3.04. The Balaban J connectivity index is 1.29. The largest absolute Gasteiger partial charge is 0.309 e. The van der Waals surface area contributed by atoms with Crippen LogP contribution in [0.4, 0.5) is 0 Å². The van der Waals surface area contributed by atoms with E-state index in [0.717, 1.165) is 15.9 Å². The molecular weight excluding hydrogens is 541 g/mol. The molecule has 3 aliphatic carbocycles. The normalized spacial score (nSPS) is 26.8. The van der Waals surface area contributed by atoms with E-state index in [2.05, 4.69) is 109 Å². The minimum Gasteiger partial charge on any atom is -0.309 e. The summed E-state index contributed by atoms with van der Waals surface area (Å²) in [5.41, 5.74) is 6.48. The van der Waals surface area contributed by atoms with E-state index < -0.39 is 7.14 Å². The van der Waals surface area contributed by atoms with E-state index in [1.54, 1.807) is 0 Å². The van der Waals surface area contributed by atoms with Gasteiger partial charge in [0.25, 0.3) is 0 Å². The molecule has 0 amide bonds. The van der Waals surface area contributed by atoms with Gasteiger partial charge >= 0.3 is 0 Å². The fourth-order valence-corrected chi connectivity index (χ4v) is 10.3. The van der Waals surface area contributed by atoms with Crippen molar-refractivity contribution in [1.82, 2.24) is 5.32 Å². The van der Waals surface area contributed by atoms with Crippen LogP contribution in [0.1, 0.15) is 29.7 Å². The number of benzene rings is 4. The number of allylic oxidation sites excluding steroid dienone is 4. The van der Waals surface area contributed by atoms with Crippen LogP contribution >= 0.6 is 7.14 Å². The highest BCUT2D eigenvalue weighted by molar-refractivity contribution is 7.85. The quantitative estimate of drug-likeness (QED) is 0.252. The summed E-state index contributed by atoms with van der Waals surface area (Å²) in [6.45, 7) is 2.39. The lowest BCUT2D eigenvalue weighted by atomic mass is 9.60. The third-order valence-corrected chi connectivity index (χ3v) is 13.0. The third kappa shape index (κ3) is 4.08. The van der Waals surface area contributed by atoms with Crippen LogP contribution < -0.4 is 21.2 Å². The van der Waals surface area contributed by atoms with E-state index in [-0.39, 0.29) is 23.4 Å². The molecule has 1 N–H and O–H groups in total. The molecular formula is C40H34NOP. The molecule has 0 fully saturated rings. The summed E-state index contributed by atoms with van der Waals surface area (Å²) in [5, 5.41) is 6.72. The van der Waals surface area contributed by atoms with Crippen molar-refractivity contribution in [1.29, 1.82) is 0 Å². The lowest BCUT2D eigenvalue weighted by molar-refractivity contribution is 0.225. The van der Waals surface area contributed by atoms with Crippen molar-refractivity contribution >= 4 is 34.7 Å². The van der Waals surface area contributed by atoms with Crippen LogP contribution in [0.25, 0.3) is 11.6 Å². The van der Waals surface area contributed by atoms with Gasteiger partial charge in [0.1, 0.15) is 0 Å². The first-order chi connectivity index (χ1) is 21.1. The molecule has 5 atom stereocenters. The molecule has 210 valence electrons. The molecule has 8 rings (SSSR count). The highest BCUT2D eigenvalue weighted by atomic mass is 31.2. The van der Waals surface area contributed by atoms with E-state index in [1.807, 2.05) is 60.7 Å². The van der Waals surface area contributed by atoms with Crippen molar-refractivity contribution in [2.75, 3.05) is 0 Å². The van der Waals surface area contributed by atoms with Crippen LogP contribution in [-0.4, -0.2) is 6.04 Å². The van der Waals surface area contributed by atoms with Crippen LogP contribution in [-0.2, 0) is 4.57 Å². The fourth-order valence-electron chi connectivity index (χ4n) is 7.70. The van der Waals surface area contributed by atoms with Crippen molar-refractivity contribution in [2.45, 2.75) is 19.0 Å². The molecule has 0 spiro atoms. The molecule has 4 aromatic carbocycles. The molecule has 0 radical (unpaired) electrons. The number of hydrogen-bond donors (Lipinski definition) is 1. The first kappa shape index (κ1) is 26.4. The summed E-state index contributed by atoms with van der Waals surface area (Å²) in [6.07, 6.45) is 18.5. The molecule has 0 bridgehead atoms. The van der Waals surface area contributed by atoms with E-state index in [0.29, 0.717) is 5.92 Å². The minimum absolute atomic E-state index is 0.0680. The third-order valence-electron chi connectivity index (χ3n) is 9.96. The minimum atomic E-state index is -3.04. The Kier molecular flexibility index (Phi) is 6.26. The Hall–Kier alpha value is -4.23. The Morgan fingerprint density at radius 2 is 1.33 bits per heavy atom. The summed E-state index contributed by atoms with van der Waals surface area (Å²) >= 11 is 0. The highest BCUT2D eigenvalue weighted by Crippen LogP contribution is 2.53. The molecule has 4 aliphatic rings. The van der Waals surface area contributed by atoms with Crippen LogP contribution in [0.3, 0.4) is 0 Å². The van der Waals surface area contributed by atoms with Gasteiger partial charge in [-0.25, -0.2) is 0 Å². The number of rotatable bonds is 4. The molecule has 4 unspecified atom stereocenters. The molecule has 0 saturated heterocycles. The average molecular weight is 576 g/mol. The summed E-state index contributed by atoms with van der Waals surface area (Å²) in [5.74, 6) is 0.533. The van der Waals surface area contributed by atoms with Gasteiger partial charge < -0.3 is 9.88 Å². The topological polar surface area (TPSA) is 29.1 Å². The number of hydrogen-bond acceptors (Lipinski definition) is 2. The van der Waals surface area contributed by atoms with Crippen molar-refractivity contribution in [3.8, 4) is 0 Å². The Labute approximate surface area is 254 Å². The Bertz CT molecular complexity index is 1850. The van der Waals surface area contributed by atoms with Gasteiger partial charge in [0, 0.05) is 45.2 Å². The van der Waals surface area contributed by atoms with E-state index in [1.165, 1.54) is 27.8 Å². The Morgan fingerprint density at radius 3 is 2.05 bits per heavy atom. The molecule has 1 heterocycles. The Morgan fingerprint density at radius 1 is 0.674 bits per heavy atom. The molecule has 4 aromatic rings. The lowest BCUT2D eigenvalue weighted by Gasteiger charge is -2.51. The van der Waals surface area contributed by atoms with E-state index in [4.69, 9.17) is 0 Å². The second kappa shape index (κ2) is 10.2. The lowest BCUT2D eigenvalue weighted by Crippen LogP contribution is -2.54. The van der Waals surface area contributed by atoms with Crippen LogP contribution in [0, 0.1) is 17.3 Å². The molecule has 2 nitrogen and oxygen atoms in total. The molecule has 0 saturated carbocycles. The van der Waals surface area contributed by atoms with Gasteiger partial charge in [0.15, 0.2) is 7.14 Å². The number of fused-ring (bicyclic) bond motifs is 6. The molecule has 0 aromatic heterocycles. The van der Waals surface area contributed by atoms with Crippen molar-refractivity contribution in [3.05, 3.63) is 174 Å². The van der Waals surface area contributed by atoms with Crippen LogP contribution in [0.2, 0.25) is 0 Å². The molecule has 1 aliphatic heterocycles. The van der Waals surface area contributed by atoms with Gasteiger partial charge in [-0.2, -0.15) is 0 Å². The maximum Gasteiger partial charge on any atom is 0.171 e. The summed E-state index contributed by atoms with van der Waals surface area (Å²) < 4.78 is 15.0. The molecule has 3 heteroatoms. The van der Waals surface area contributed by atoms with Crippen molar-refractivity contribution < 1.29 is 4.57 Å².